The van der Waals surface area contributed by atoms with Crippen LogP contribution in [0.1, 0.15) is 11.1 Å². The number of rotatable bonds is 9. The van der Waals surface area contributed by atoms with E-state index in [0.717, 1.165) is 18.7 Å². The minimum Gasteiger partial charge on any atom is -0.497 e. The van der Waals surface area contributed by atoms with Crippen molar-refractivity contribution in [2.45, 2.75) is 17.9 Å². The molecule has 134 valence electrons. The summed E-state index contributed by atoms with van der Waals surface area (Å²) in [5.41, 5.74) is 2.40. The molecule has 0 atom stereocenters. The number of ether oxygens (including phenoxy) is 1. The molecule has 0 heterocycles. The number of hydrogen-bond acceptors (Lipinski definition) is 4. The van der Waals surface area contributed by atoms with Gasteiger partial charge in [0.25, 0.3) is 0 Å². The molecule has 0 spiro atoms. The highest BCUT2D eigenvalue weighted by atomic mass is 32.2. The molecule has 0 aromatic heterocycles. The van der Waals surface area contributed by atoms with E-state index in [1.54, 1.807) is 18.9 Å². The molecule has 4 nitrogen and oxygen atoms in total. The lowest BCUT2D eigenvalue weighted by Gasteiger charge is -2.16. The number of carbonyl (C=O) groups is 1. The third kappa shape index (κ3) is 6.80. The Morgan fingerprint density at radius 2 is 1.72 bits per heavy atom. The summed E-state index contributed by atoms with van der Waals surface area (Å²) in [7, 11) is 3.62. The molecule has 0 aliphatic heterocycles. The molecule has 2 aromatic carbocycles. The third-order valence-electron chi connectivity index (χ3n) is 3.92. The number of thioether (sulfide) groups is 1. The first-order valence-corrected chi connectivity index (χ1v) is 9.54. The maximum atomic E-state index is 12.1. The van der Waals surface area contributed by atoms with Crippen molar-refractivity contribution >= 4 is 17.7 Å². The normalized spacial score (nSPS) is 10.7. The van der Waals surface area contributed by atoms with Crippen molar-refractivity contribution in [1.82, 2.24) is 10.2 Å². The standard InChI is InChI=1S/C20H26N2O2S/c1-22(14-17-6-10-19(25-3)11-7-17)15-20(23)21-13-12-16-4-8-18(24-2)9-5-16/h4-11H,12-15H2,1-3H3,(H,21,23). The molecule has 2 rings (SSSR count). The summed E-state index contributed by atoms with van der Waals surface area (Å²) in [6.45, 7) is 1.80. The Kier molecular flexibility index (Phi) is 7.82. The fourth-order valence-electron chi connectivity index (χ4n) is 2.54. The second-order valence-electron chi connectivity index (χ2n) is 5.97. The molecule has 0 aliphatic rings. The monoisotopic (exact) mass is 358 g/mol. The zero-order valence-corrected chi connectivity index (χ0v) is 15.9. The zero-order chi connectivity index (χ0) is 18.1. The minimum atomic E-state index is 0.0525. The van der Waals surface area contributed by atoms with Gasteiger partial charge in [-0.25, -0.2) is 0 Å². The molecule has 25 heavy (non-hydrogen) atoms. The molecular formula is C20H26N2O2S. The lowest BCUT2D eigenvalue weighted by atomic mass is 10.1. The fourth-order valence-corrected chi connectivity index (χ4v) is 2.95. The summed E-state index contributed by atoms with van der Waals surface area (Å²) in [5.74, 6) is 0.900. The van der Waals surface area contributed by atoms with Crippen molar-refractivity contribution in [3.63, 3.8) is 0 Å². The van der Waals surface area contributed by atoms with Gasteiger partial charge in [0, 0.05) is 18.0 Å². The van der Waals surface area contributed by atoms with E-state index in [4.69, 9.17) is 4.74 Å². The lowest BCUT2D eigenvalue weighted by Crippen LogP contribution is -2.35. The highest BCUT2D eigenvalue weighted by molar-refractivity contribution is 7.98. The number of nitrogens with one attached hydrogen (secondary N) is 1. The van der Waals surface area contributed by atoms with Gasteiger partial charge in [-0.2, -0.15) is 0 Å². The van der Waals surface area contributed by atoms with E-state index in [9.17, 15) is 4.79 Å². The number of hydrogen-bond donors (Lipinski definition) is 1. The van der Waals surface area contributed by atoms with E-state index >= 15 is 0 Å². The number of likely N-dealkylation sites (N-methyl/N-ethyl adjacent to an activating group) is 1. The smallest absolute Gasteiger partial charge is 0.234 e. The van der Waals surface area contributed by atoms with Gasteiger partial charge < -0.3 is 10.1 Å². The average molecular weight is 359 g/mol. The largest absolute Gasteiger partial charge is 0.497 e. The molecule has 0 saturated heterocycles. The summed E-state index contributed by atoms with van der Waals surface area (Å²) in [5, 5.41) is 2.98. The second kappa shape index (κ2) is 10.1. The number of benzene rings is 2. The van der Waals surface area contributed by atoms with Crippen molar-refractivity contribution in [3.05, 3.63) is 59.7 Å². The van der Waals surface area contributed by atoms with Gasteiger partial charge in [-0.15, -0.1) is 11.8 Å². The molecule has 1 amide bonds. The van der Waals surface area contributed by atoms with Crippen LogP contribution in [-0.2, 0) is 17.8 Å². The van der Waals surface area contributed by atoms with Gasteiger partial charge in [0.15, 0.2) is 0 Å². The Balaban J connectivity index is 1.69. The first-order chi connectivity index (χ1) is 12.1. The number of methoxy groups -OCH3 is 1. The maximum absolute atomic E-state index is 12.1. The van der Waals surface area contributed by atoms with Gasteiger partial charge >= 0.3 is 0 Å². The fraction of sp³-hybridized carbons (Fsp3) is 0.350. The van der Waals surface area contributed by atoms with Crippen LogP contribution < -0.4 is 10.1 Å². The summed E-state index contributed by atoms with van der Waals surface area (Å²) in [6.07, 6.45) is 2.88. The molecule has 2 aromatic rings. The lowest BCUT2D eigenvalue weighted by molar-refractivity contribution is -0.122. The number of amides is 1. The molecule has 0 bridgehead atoms. The van der Waals surface area contributed by atoms with Gasteiger partial charge in [-0.3, -0.25) is 9.69 Å². The maximum Gasteiger partial charge on any atom is 0.234 e. The van der Waals surface area contributed by atoms with E-state index in [1.807, 2.05) is 36.2 Å². The highest BCUT2D eigenvalue weighted by Gasteiger charge is 2.07. The first-order valence-electron chi connectivity index (χ1n) is 8.32. The van der Waals surface area contributed by atoms with Crippen LogP contribution in [0.3, 0.4) is 0 Å². The van der Waals surface area contributed by atoms with Gasteiger partial charge in [-0.05, 0) is 55.1 Å². The predicted molar refractivity (Wildman–Crippen MR) is 104 cm³/mol. The summed E-state index contributed by atoms with van der Waals surface area (Å²) < 4.78 is 5.14. The number of nitrogens with zero attached hydrogens (tertiary/aromatic N) is 1. The summed E-state index contributed by atoms with van der Waals surface area (Å²) in [6, 6.07) is 16.4. The van der Waals surface area contributed by atoms with Crippen LogP contribution in [-0.4, -0.2) is 44.3 Å². The van der Waals surface area contributed by atoms with Gasteiger partial charge in [-0.1, -0.05) is 24.3 Å². The predicted octanol–water partition coefficient (Wildman–Crippen LogP) is 3.21. The molecule has 0 radical (unpaired) electrons. The van der Waals surface area contributed by atoms with Crippen molar-refractivity contribution in [2.75, 3.05) is 33.5 Å². The Labute approximate surface area is 154 Å². The van der Waals surface area contributed by atoms with E-state index < -0.39 is 0 Å². The van der Waals surface area contributed by atoms with Crippen LogP contribution in [0.2, 0.25) is 0 Å². The minimum absolute atomic E-state index is 0.0525. The quantitative estimate of drug-likeness (QED) is 0.699. The van der Waals surface area contributed by atoms with Crippen LogP contribution in [0.4, 0.5) is 0 Å². The Morgan fingerprint density at radius 1 is 1.08 bits per heavy atom. The second-order valence-corrected chi connectivity index (χ2v) is 6.85. The Morgan fingerprint density at radius 3 is 2.32 bits per heavy atom. The molecular weight excluding hydrogens is 332 g/mol. The van der Waals surface area contributed by atoms with Crippen molar-refractivity contribution in [2.24, 2.45) is 0 Å². The van der Waals surface area contributed by atoms with Crippen molar-refractivity contribution in [1.29, 1.82) is 0 Å². The van der Waals surface area contributed by atoms with Crippen LogP contribution >= 0.6 is 11.8 Å². The van der Waals surface area contributed by atoms with Crippen LogP contribution in [0, 0.1) is 0 Å². The third-order valence-corrected chi connectivity index (χ3v) is 4.66. The average Bonchev–Trinajstić information content (AvgIpc) is 2.63. The van der Waals surface area contributed by atoms with E-state index in [-0.39, 0.29) is 5.91 Å². The Bertz CT molecular complexity index is 656. The molecule has 0 unspecified atom stereocenters. The summed E-state index contributed by atoms with van der Waals surface area (Å²) >= 11 is 1.73. The van der Waals surface area contributed by atoms with Crippen molar-refractivity contribution < 1.29 is 9.53 Å². The summed E-state index contributed by atoms with van der Waals surface area (Å²) in [4.78, 5) is 15.3. The molecule has 1 N–H and O–H groups in total. The molecule has 0 fully saturated rings. The van der Waals surface area contributed by atoms with Gasteiger partial charge in [0.2, 0.25) is 5.91 Å². The zero-order valence-electron chi connectivity index (χ0n) is 15.1. The SMILES string of the molecule is COc1ccc(CCNC(=O)CN(C)Cc2ccc(SC)cc2)cc1. The van der Waals surface area contributed by atoms with Gasteiger partial charge in [0.1, 0.15) is 5.75 Å². The van der Waals surface area contributed by atoms with E-state index in [1.165, 1.54) is 16.0 Å². The van der Waals surface area contributed by atoms with Crippen LogP contribution in [0.25, 0.3) is 0 Å². The number of carbonyl (C=O) groups excluding carboxylic acids is 1. The molecule has 5 heteroatoms. The van der Waals surface area contributed by atoms with Crippen molar-refractivity contribution in [3.8, 4) is 5.75 Å². The van der Waals surface area contributed by atoms with E-state index in [0.29, 0.717) is 13.1 Å². The topological polar surface area (TPSA) is 41.6 Å². The van der Waals surface area contributed by atoms with Crippen LogP contribution in [0.15, 0.2) is 53.4 Å². The van der Waals surface area contributed by atoms with Gasteiger partial charge in [0.05, 0.1) is 13.7 Å². The highest BCUT2D eigenvalue weighted by Crippen LogP contribution is 2.15. The Hall–Kier alpha value is -1.98. The molecule has 0 saturated carbocycles. The van der Waals surface area contributed by atoms with Crippen LogP contribution in [0.5, 0.6) is 5.75 Å². The molecule has 0 aliphatic carbocycles. The first kappa shape index (κ1) is 19.3. The van der Waals surface area contributed by atoms with E-state index in [2.05, 4.69) is 35.8 Å².